The van der Waals surface area contributed by atoms with E-state index < -0.39 is 32.5 Å². The highest BCUT2D eigenvalue weighted by Gasteiger charge is 2.27. The van der Waals surface area contributed by atoms with E-state index in [1.807, 2.05) is 33.3 Å². The average molecular weight is 829 g/mol. The van der Waals surface area contributed by atoms with E-state index in [0.29, 0.717) is 23.9 Å². The molecule has 1 N–H and O–H groups in total. The summed E-state index contributed by atoms with van der Waals surface area (Å²) < 4.78 is 34.2. The highest BCUT2D eigenvalue weighted by molar-refractivity contribution is 7.47. The van der Waals surface area contributed by atoms with E-state index in [-0.39, 0.29) is 26.1 Å². The van der Waals surface area contributed by atoms with Gasteiger partial charge in [-0.2, -0.15) is 0 Å². The Hall–Kier alpha value is -3.33. The van der Waals surface area contributed by atoms with Crippen molar-refractivity contribution >= 4 is 19.8 Å². The Kier molecular flexibility index (Phi) is 36.9. The van der Waals surface area contributed by atoms with Gasteiger partial charge in [0, 0.05) is 12.8 Å². The van der Waals surface area contributed by atoms with Crippen LogP contribution in [-0.4, -0.2) is 74.9 Å². The van der Waals surface area contributed by atoms with Crippen molar-refractivity contribution in [2.45, 2.75) is 136 Å². The molecule has 0 saturated heterocycles. The van der Waals surface area contributed by atoms with E-state index in [1.165, 1.54) is 0 Å². The molecular formula is C48H79NO8P+. The molecule has 10 heteroatoms. The fourth-order valence-electron chi connectivity index (χ4n) is 4.99. The van der Waals surface area contributed by atoms with Crippen molar-refractivity contribution in [3.8, 4) is 0 Å². The van der Waals surface area contributed by atoms with Crippen LogP contribution in [0.4, 0.5) is 0 Å². The molecule has 58 heavy (non-hydrogen) atoms. The number of rotatable bonds is 37. The summed E-state index contributed by atoms with van der Waals surface area (Å²) in [5.74, 6) is -0.929. The summed E-state index contributed by atoms with van der Waals surface area (Å²) in [6.07, 6.45) is 53.0. The van der Waals surface area contributed by atoms with Gasteiger partial charge in [0.2, 0.25) is 0 Å². The molecule has 2 atom stereocenters. The first-order valence-corrected chi connectivity index (χ1v) is 23.1. The number of phosphoric ester groups is 1. The number of quaternary nitrogens is 1. The quantitative estimate of drug-likeness (QED) is 0.0217. The summed E-state index contributed by atoms with van der Waals surface area (Å²) in [4.78, 5) is 35.3. The normalized spacial score (nSPS) is 14.7. The van der Waals surface area contributed by atoms with Crippen LogP contribution in [0.1, 0.15) is 129 Å². The van der Waals surface area contributed by atoms with Gasteiger partial charge in [-0.05, 0) is 83.5 Å². The number of ether oxygens (including phenoxy) is 2. The minimum atomic E-state index is -4.40. The summed E-state index contributed by atoms with van der Waals surface area (Å²) in [5, 5.41) is 0. The maximum atomic E-state index is 12.7. The van der Waals surface area contributed by atoms with Crippen LogP contribution in [-0.2, 0) is 32.7 Å². The van der Waals surface area contributed by atoms with Gasteiger partial charge >= 0.3 is 19.8 Å². The Labute approximate surface area is 353 Å². The number of allylic oxidation sites excluding steroid dienone is 18. The van der Waals surface area contributed by atoms with Crippen LogP contribution >= 0.6 is 7.82 Å². The minimum absolute atomic E-state index is 0.0103. The number of carbonyl (C=O) groups is 2. The predicted octanol–water partition coefficient (Wildman–Crippen LogP) is 12.3. The monoisotopic (exact) mass is 829 g/mol. The zero-order valence-electron chi connectivity index (χ0n) is 36.7. The third-order valence-corrected chi connectivity index (χ3v) is 9.30. The van der Waals surface area contributed by atoms with Crippen LogP contribution in [0.25, 0.3) is 0 Å². The van der Waals surface area contributed by atoms with Crippen molar-refractivity contribution in [2.24, 2.45) is 0 Å². The van der Waals surface area contributed by atoms with E-state index in [9.17, 15) is 19.0 Å². The smallest absolute Gasteiger partial charge is 0.462 e. The Balaban J connectivity index is 4.49. The number of carbonyl (C=O) groups excluding carboxylic acids is 2. The maximum Gasteiger partial charge on any atom is 0.472 e. The highest BCUT2D eigenvalue weighted by atomic mass is 31.2. The second-order valence-corrected chi connectivity index (χ2v) is 16.4. The summed E-state index contributed by atoms with van der Waals surface area (Å²) >= 11 is 0. The van der Waals surface area contributed by atoms with Crippen LogP contribution < -0.4 is 0 Å². The zero-order chi connectivity index (χ0) is 42.8. The number of hydrogen-bond donors (Lipinski definition) is 1. The molecule has 0 aliphatic rings. The van der Waals surface area contributed by atoms with Gasteiger partial charge in [-0.15, -0.1) is 0 Å². The predicted molar refractivity (Wildman–Crippen MR) is 242 cm³/mol. The van der Waals surface area contributed by atoms with Gasteiger partial charge < -0.3 is 18.9 Å². The fraction of sp³-hybridized carbons (Fsp3) is 0.583. The molecular weight excluding hydrogens is 750 g/mol. The molecule has 0 amide bonds. The lowest BCUT2D eigenvalue weighted by atomic mass is 10.1. The molecule has 0 fully saturated rings. The molecule has 0 spiro atoms. The standard InChI is InChI=1S/C48H78NO8P/c1-6-8-10-12-14-16-18-20-21-22-23-24-25-26-27-29-31-33-35-37-39-41-48(51)57-46(45-56-58(52,53)55-43-42-49(3,4)5)44-54-47(50)40-38-36-34-32-30-28-19-17-15-13-11-9-7-2/h8-11,14-17,20-21,23-24,26-28,30,34,36,46H,6-7,12-13,18-19,22,25,29,31-33,35,37-45H2,1-5H3/p+1/b10-8-,11-9-,16-14-,17-15-,21-20-,24-23-,27-26-,30-28-,36-34-. The molecule has 0 bridgehead atoms. The van der Waals surface area contributed by atoms with Crippen LogP contribution in [0.2, 0.25) is 0 Å². The van der Waals surface area contributed by atoms with E-state index in [1.54, 1.807) is 0 Å². The molecule has 0 aliphatic carbocycles. The largest absolute Gasteiger partial charge is 0.472 e. The first kappa shape index (κ1) is 54.7. The van der Waals surface area contributed by atoms with E-state index in [2.05, 4.69) is 111 Å². The van der Waals surface area contributed by atoms with Crippen molar-refractivity contribution in [2.75, 3.05) is 47.5 Å². The zero-order valence-corrected chi connectivity index (χ0v) is 37.6. The number of esters is 2. The summed E-state index contributed by atoms with van der Waals surface area (Å²) in [7, 11) is 1.40. The molecule has 328 valence electrons. The molecule has 0 aromatic carbocycles. The lowest BCUT2D eigenvalue weighted by Crippen LogP contribution is -2.37. The first-order valence-electron chi connectivity index (χ1n) is 21.6. The Morgan fingerprint density at radius 2 is 0.966 bits per heavy atom. The summed E-state index contributed by atoms with van der Waals surface area (Å²) in [5.41, 5.74) is 0. The lowest BCUT2D eigenvalue weighted by molar-refractivity contribution is -0.870. The third kappa shape index (κ3) is 42.3. The SMILES string of the molecule is CC/C=C\C/C=C\C/C=C\C/C=C\C/C=C\CCCCCCCC(=O)OC(COC(=O)CC/C=C\C/C=C\C/C=C\C/C=C\CC)COP(=O)(O)OCC[N+](C)(C)C. The second-order valence-electron chi connectivity index (χ2n) is 15.0. The topological polar surface area (TPSA) is 108 Å². The lowest BCUT2D eigenvalue weighted by Gasteiger charge is -2.24. The molecule has 0 radical (unpaired) electrons. The van der Waals surface area contributed by atoms with Gasteiger partial charge in [0.25, 0.3) is 0 Å². The molecule has 0 heterocycles. The van der Waals surface area contributed by atoms with Crippen molar-refractivity contribution in [1.29, 1.82) is 0 Å². The van der Waals surface area contributed by atoms with Crippen molar-refractivity contribution in [1.82, 2.24) is 0 Å². The summed E-state index contributed by atoms with van der Waals surface area (Å²) in [6.45, 7) is 4.04. The van der Waals surface area contributed by atoms with Gasteiger partial charge in [-0.1, -0.05) is 142 Å². The Morgan fingerprint density at radius 1 is 0.534 bits per heavy atom. The summed E-state index contributed by atoms with van der Waals surface area (Å²) in [6, 6.07) is 0. The van der Waals surface area contributed by atoms with Crippen LogP contribution in [0.15, 0.2) is 109 Å². The number of hydrogen-bond acceptors (Lipinski definition) is 7. The Morgan fingerprint density at radius 3 is 1.45 bits per heavy atom. The van der Waals surface area contributed by atoms with Crippen molar-refractivity contribution in [3.63, 3.8) is 0 Å². The van der Waals surface area contributed by atoms with Gasteiger partial charge in [0.1, 0.15) is 19.8 Å². The maximum absolute atomic E-state index is 12.7. The number of nitrogens with zero attached hydrogens (tertiary/aromatic N) is 1. The average Bonchev–Trinajstić information content (AvgIpc) is 3.17. The van der Waals surface area contributed by atoms with Crippen LogP contribution in [0.5, 0.6) is 0 Å². The van der Waals surface area contributed by atoms with Crippen LogP contribution in [0.3, 0.4) is 0 Å². The van der Waals surface area contributed by atoms with Crippen molar-refractivity contribution < 1.29 is 42.1 Å². The van der Waals surface area contributed by atoms with Crippen molar-refractivity contribution in [3.05, 3.63) is 109 Å². The van der Waals surface area contributed by atoms with Gasteiger partial charge in [0.15, 0.2) is 6.10 Å². The van der Waals surface area contributed by atoms with E-state index >= 15 is 0 Å². The van der Waals surface area contributed by atoms with E-state index in [4.69, 9.17) is 18.5 Å². The number of phosphoric acid groups is 1. The van der Waals surface area contributed by atoms with Gasteiger partial charge in [-0.3, -0.25) is 18.6 Å². The second kappa shape index (κ2) is 39.1. The first-order chi connectivity index (χ1) is 28.0. The highest BCUT2D eigenvalue weighted by Crippen LogP contribution is 2.43. The van der Waals surface area contributed by atoms with E-state index in [0.717, 1.165) is 89.9 Å². The van der Waals surface area contributed by atoms with Gasteiger partial charge in [0.05, 0.1) is 27.7 Å². The Bertz CT molecular complexity index is 1350. The van der Waals surface area contributed by atoms with Crippen LogP contribution in [0, 0.1) is 0 Å². The molecule has 0 rings (SSSR count). The molecule has 0 aromatic rings. The third-order valence-electron chi connectivity index (χ3n) is 8.31. The van der Waals surface area contributed by atoms with Gasteiger partial charge in [-0.25, -0.2) is 4.57 Å². The fourth-order valence-corrected chi connectivity index (χ4v) is 5.73. The number of unbranched alkanes of at least 4 members (excludes halogenated alkanes) is 5. The minimum Gasteiger partial charge on any atom is -0.462 e. The molecule has 9 nitrogen and oxygen atoms in total. The number of likely N-dealkylation sites (N-methyl/N-ethyl adjacent to an activating group) is 1. The molecule has 0 aromatic heterocycles. The molecule has 0 saturated carbocycles. The molecule has 2 unspecified atom stereocenters. The molecule has 0 aliphatic heterocycles.